The summed E-state index contributed by atoms with van der Waals surface area (Å²) in [6.07, 6.45) is 2.71. The first-order valence-electron chi connectivity index (χ1n) is 2.56. The average molecular weight is 158 g/mol. The van der Waals surface area contributed by atoms with Crippen molar-refractivity contribution in [3.05, 3.63) is 12.7 Å². The molecule has 0 aliphatic carbocycles. The largest absolute Gasteiger partial charge is 0.141 e. The number of rotatable bonds is 2. The van der Waals surface area contributed by atoms with Crippen LogP contribution in [0.1, 0.15) is 6.42 Å². The molecule has 0 radical (unpaired) electrons. The van der Waals surface area contributed by atoms with Gasteiger partial charge in [-0.3, -0.25) is 0 Å². The van der Waals surface area contributed by atoms with Gasteiger partial charge >= 0.3 is 0 Å². The third kappa shape index (κ3) is 1.59. The van der Waals surface area contributed by atoms with Crippen molar-refractivity contribution in [1.29, 1.82) is 0 Å². The second-order valence-electron chi connectivity index (χ2n) is 1.64. The molecule has 0 spiro atoms. The Morgan fingerprint density at radius 1 is 1.89 bits per heavy atom. The molecular weight excluding hydrogens is 152 g/mol. The van der Waals surface area contributed by atoms with Gasteiger partial charge in [0, 0.05) is 11.9 Å². The van der Waals surface area contributed by atoms with E-state index in [0.717, 1.165) is 6.42 Å². The zero-order chi connectivity index (χ0) is 6.69. The van der Waals surface area contributed by atoms with Crippen LogP contribution in [0.2, 0.25) is 0 Å². The second kappa shape index (κ2) is 3.08. The van der Waals surface area contributed by atoms with Gasteiger partial charge in [0.1, 0.15) is 4.99 Å². The molecular formula is C5H6N2S2. The smallest absolute Gasteiger partial charge is 0.135 e. The van der Waals surface area contributed by atoms with E-state index >= 15 is 0 Å². The maximum atomic E-state index is 4.88. The van der Waals surface area contributed by atoms with Crippen molar-refractivity contribution < 1.29 is 0 Å². The summed E-state index contributed by atoms with van der Waals surface area (Å²) in [5.74, 6) is 0. The highest BCUT2D eigenvalue weighted by Gasteiger charge is 2.18. The van der Waals surface area contributed by atoms with E-state index in [1.807, 2.05) is 6.08 Å². The molecule has 4 heteroatoms. The lowest BCUT2D eigenvalue weighted by Crippen LogP contribution is -2.05. The average Bonchev–Trinajstić information content (AvgIpc) is 2.18. The molecule has 1 unspecified atom stereocenters. The lowest BCUT2D eigenvalue weighted by Gasteiger charge is -1.97. The molecule has 0 saturated heterocycles. The van der Waals surface area contributed by atoms with Crippen molar-refractivity contribution >= 4 is 29.2 Å². The molecule has 1 rings (SSSR count). The monoisotopic (exact) mass is 158 g/mol. The van der Waals surface area contributed by atoms with Crippen LogP contribution in [-0.4, -0.2) is 10.2 Å². The molecule has 0 bridgehead atoms. The molecule has 1 aliphatic rings. The summed E-state index contributed by atoms with van der Waals surface area (Å²) in [6.45, 7) is 3.60. The quantitative estimate of drug-likeness (QED) is 0.350. The van der Waals surface area contributed by atoms with Crippen molar-refractivity contribution in [2.75, 3.05) is 0 Å². The van der Waals surface area contributed by atoms with Gasteiger partial charge in [0.2, 0.25) is 0 Å². The molecule has 1 heterocycles. The van der Waals surface area contributed by atoms with E-state index in [-0.39, 0.29) is 5.25 Å². The van der Waals surface area contributed by atoms with Crippen LogP contribution in [0.3, 0.4) is 0 Å². The Morgan fingerprint density at radius 2 is 2.67 bits per heavy atom. The van der Waals surface area contributed by atoms with Crippen molar-refractivity contribution in [1.82, 2.24) is 0 Å². The van der Waals surface area contributed by atoms with E-state index in [1.165, 1.54) is 11.9 Å². The van der Waals surface area contributed by atoms with Gasteiger partial charge in [-0.15, -0.1) is 16.2 Å². The molecule has 0 aromatic carbocycles. The topological polar surface area (TPSA) is 24.7 Å². The summed E-state index contributed by atoms with van der Waals surface area (Å²) in [5.41, 5.74) is 0. The van der Waals surface area contributed by atoms with Crippen LogP contribution < -0.4 is 0 Å². The molecule has 1 aliphatic heterocycles. The van der Waals surface area contributed by atoms with Crippen LogP contribution in [0.25, 0.3) is 0 Å². The summed E-state index contributed by atoms with van der Waals surface area (Å²) in [4.78, 5) is 0.694. The fraction of sp³-hybridized carbons (Fsp3) is 0.400. The van der Waals surface area contributed by atoms with Gasteiger partial charge in [-0.05, 0) is 6.42 Å². The van der Waals surface area contributed by atoms with Crippen LogP contribution in [0.15, 0.2) is 22.3 Å². The lowest BCUT2D eigenvalue weighted by molar-refractivity contribution is 1.14. The SMILES string of the molecule is C=CCC1SN=NC1=S. The van der Waals surface area contributed by atoms with E-state index < -0.39 is 0 Å². The molecule has 0 aromatic rings. The Kier molecular flexibility index (Phi) is 2.36. The highest BCUT2D eigenvalue weighted by molar-refractivity contribution is 8.01. The Labute approximate surface area is 63.6 Å². The number of hydrogen-bond donors (Lipinski definition) is 0. The van der Waals surface area contributed by atoms with Crippen molar-refractivity contribution in [3.63, 3.8) is 0 Å². The normalized spacial score (nSPS) is 24.9. The van der Waals surface area contributed by atoms with E-state index in [9.17, 15) is 0 Å². The van der Waals surface area contributed by atoms with E-state index in [0.29, 0.717) is 4.99 Å². The maximum absolute atomic E-state index is 4.88. The van der Waals surface area contributed by atoms with Gasteiger partial charge in [-0.2, -0.15) is 0 Å². The third-order valence-corrected chi connectivity index (χ3v) is 2.33. The molecule has 0 saturated carbocycles. The molecule has 48 valence electrons. The Balaban J connectivity index is 2.45. The number of allylic oxidation sites excluding steroid dienone is 1. The Hall–Kier alpha value is -0.220. The molecule has 1 atom stereocenters. The summed E-state index contributed by atoms with van der Waals surface area (Å²) >= 11 is 6.30. The zero-order valence-corrected chi connectivity index (χ0v) is 6.41. The summed E-state index contributed by atoms with van der Waals surface area (Å²) in [7, 11) is 0. The van der Waals surface area contributed by atoms with Crippen molar-refractivity contribution in [2.45, 2.75) is 11.7 Å². The van der Waals surface area contributed by atoms with Crippen LogP contribution in [0.4, 0.5) is 0 Å². The summed E-state index contributed by atoms with van der Waals surface area (Å²) in [6, 6.07) is 0. The van der Waals surface area contributed by atoms with E-state index in [4.69, 9.17) is 12.2 Å². The van der Waals surface area contributed by atoms with Gasteiger partial charge in [0.15, 0.2) is 0 Å². The zero-order valence-electron chi connectivity index (χ0n) is 4.78. The molecule has 0 N–H and O–H groups in total. The Bertz CT molecular complexity index is 164. The second-order valence-corrected chi connectivity index (χ2v) is 3.00. The predicted molar refractivity (Wildman–Crippen MR) is 43.6 cm³/mol. The number of nitrogens with zero attached hydrogens (tertiary/aromatic N) is 2. The van der Waals surface area contributed by atoms with Gasteiger partial charge < -0.3 is 0 Å². The minimum Gasteiger partial charge on any atom is -0.135 e. The fourth-order valence-electron chi connectivity index (χ4n) is 0.525. The van der Waals surface area contributed by atoms with Gasteiger partial charge in [-0.1, -0.05) is 18.3 Å². The third-order valence-electron chi connectivity index (χ3n) is 0.970. The number of hydrogen-bond acceptors (Lipinski definition) is 3. The summed E-state index contributed by atoms with van der Waals surface area (Å²) in [5, 5.41) is 3.98. The van der Waals surface area contributed by atoms with Gasteiger partial charge in [0.05, 0.1) is 5.25 Å². The first-order valence-corrected chi connectivity index (χ1v) is 3.80. The maximum Gasteiger partial charge on any atom is 0.141 e. The summed E-state index contributed by atoms with van der Waals surface area (Å²) < 4.78 is 3.72. The van der Waals surface area contributed by atoms with Crippen molar-refractivity contribution in [3.8, 4) is 0 Å². The van der Waals surface area contributed by atoms with Crippen LogP contribution in [0.5, 0.6) is 0 Å². The minimum absolute atomic E-state index is 0.275. The van der Waals surface area contributed by atoms with Crippen LogP contribution in [-0.2, 0) is 0 Å². The van der Waals surface area contributed by atoms with E-state index in [1.54, 1.807) is 0 Å². The van der Waals surface area contributed by atoms with Crippen molar-refractivity contribution in [2.24, 2.45) is 9.63 Å². The first-order chi connectivity index (χ1) is 4.34. The standard InChI is InChI=1S/C5H6N2S2/c1-2-3-4-5(8)6-7-9-4/h2,4H,1,3H2. The first kappa shape index (κ1) is 6.89. The molecule has 0 amide bonds. The highest BCUT2D eigenvalue weighted by atomic mass is 32.2. The van der Waals surface area contributed by atoms with Crippen LogP contribution in [0, 0.1) is 0 Å². The molecule has 0 aromatic heterocycles. The fourth-order valence-corrected chi connectivity index (χ4v) is 1.45. The van der Waals surface area contributed by atoms with Gasteiger partial charge in [-0.25, -0.2) is 0 Å². The van der Waals surface area contributed by atoms with Gasteiger partial charge in [0.25, 0.3) is 0 Å². The predicted octanol–water partition coefficient (Wildman–Crippen LogP) is 2.37. The van der Waals surface area contributed by atoms with E-state index in [2.05, 4.69) is 16.2 Å². The molecule has 0 fully saturated rings. The molecule has 2 nitrogen and oxygen atoms in total. The minimum atomic E-state index is 0.275. The molecule has 9 heavy (non-hydrogen) atoms. The van der Waals surface area contributed by atoms with Crippen LogP contribution >= 0.6 is 24.2 Å². The number of thiocarbonyl (C=S) groups is 1. The highest BCUT2D eigenvalue weighted by Crippen LogP contribution is 2.25. The lowest BCUT2D eigenvalue weighted by atomic mass is 10.3. The Morgan fingerprint density at radius 3 is 3.11 bits per heavy atom.